The van der Waals surface area contributed by atoms with E-state index in [1.54, 1.807) is 12.1 Å². The Hall–Kier alpha value is -2.01. The molecule has 21 heavy (non-hydrogen) atoms. The van der Waals surface area contributed by atoms with Gasteiger partial charge in [0.1, 0.15) is 0 Å². The molecule has 4 N–H and O–H groups in total. The van der Waals surface area contributed by atoms with Gasteiger partial charge in [0.25, 0.3) is 5.91 Å². The standard InChI is InChI=1S/C16H18BrN3O/c1-3-19-16(21)11-5-7-14(13(18)9-11)20-15-8-10(2)4-6-12(15)17/h4-9,20H,3,18H2,1-2H3,(H,19,21). The lowest BCUT2D eigenvalue weighted by molar-refractivity contribution is 0.0956. The van der Waals surface area contributed by atoms with E-state index >= 15 is 0 Å². The molecule has 0 bridgehead atoms. The number of carbonyl (C=O) groups excluding carboxylic acids is 1. The summed E-state index contributed by atoms with van der Waals surface area (Å²) in [6, 6.07) is 11.3. The van der Waals surface area contributed by atoms with Gasteiger partial charge in [0.2, 0.25) is 0 Å². The molecule has 0 unspecified atom stereocenters. The first kappa shape index (κ1) is 15.4. The zero-order valence-electron chi connectivity index (χ0n) is 12.0. The molecule has 0 radical (unpaired) electrons. The van der Waals surface area contributed by atoms with E-state index in [-0.39, 0.29) is 5.91 Å². The maximum Gasteiger partial charge on any atom is 0.251 e. The van der Waals surface area contributed by atoms with E-state index in [0.717, 1.165) is 21.4 Å². The number of nitrogens with one attached hydrogen (secondary N) is 2. The molecular weight excluding hydrogens is 330 g/mol. The maximum atomic E-state index is 11.8. The summed E-state index contributed by atoms with van der Waals surface area (Å²) in [4.78, 5) is 11.8. The Kier molecular flexibility index (Phi) is 4.85. The van der Waals surface area contributed by atoms with Crippen LogP contribution < -0.4 is 16.4 Å². The Morgan fingerprint density at radius 2 is 1.95 bits per heavy atom. The second kappa shape index (κ2) is 6.63. The fraction of sp³-hybridized carbons (Fsp3) is 0.188. The molecule has 2 aromatic rings. The summed E-state index contributed by atoms with van der Waals surface area (Å²) >= 11 is 3.50. The van der Waals surface area contributed by atoms with Crippen molar-refractivity contribution in [2.75, 3.05) is 17.6 Å². The number of nitrogen functional groups attached to an aromatic ring is 1. The average molecular weight is 348 g/mol. The van der Waals surface area contributed by atoms with E-state index in [2.05, 4.69) is 26.6 Å². The Labute approximate surface area is 132 Å². The first-order valence-corrected chi connectivity index (χ1v) is 7.51. The highest BCUT2D eigenvalue weighted by atomic mass is 79.9. The first-order valence-electron chi connectivity index (χ1n) is 6.72. The minimum absolute atomic E-state index is 0.118. The molecule has 0 heterocycles. The van der Waals surface area contributed by atoms with Crippen LogP contribution in [0.4, 0.5) is 17.1 Å². The number of hydrogen-bond donors (Lipinski definition) is 3. The van der Waals surface area contributed by atoms with Crippen molar-refractivity contribution in [1.29, 1.82) is 0 Å². The second-order valence-electron chi connectivity index (χ2n) is 4.77. The molecule has 0 aromatic heterocycles. The molecule has 0 saturated heterocycles. The molecule has 0 aliphatic carbocycles. The Bertz CT molecular complexity index is 671. The van der Waals surface area contributed by atoms with Gasteiger partial charge in [0, 0.05) is 16.6 Å². The minimum atomic E-state index is -0.118. The molecule has 0 aliphatic heterocycles. The Morgan fingerprint density at radius 3 is 2.62 bits per heavy atom. The summed E-state index contributed by atoms with van der Waals surface area (Å²) in [6.07, 6.45) is 0. The lowest BCUT2D eigenvalue weighted by Crippen LogP contribution is -2.22. The third-order valence-electron chi connectivity index (χ3n) is 3.04. The van der Waals surface area contributed by atoms with Gasteiger partial charge in [0.15, 0.2) is 0 Å². The number of nitrogens with two attached hydrogens (primary N) is 1. The lowest BCUT2D eigenvalue weighted by atomic mass is 10.1. The van der Waals surface area contributed by atoms with E-state index in [1.165, 1.54) is 0 Å². The van der Waals surface area contributed by atoms with E-state index < -0.39 is 0 Å². The smallest absolute Gasteiger partial charge is 0.251 e. The molecule has 2 rings (SSSR count). The summed E-state index contributed by atoms with van der Waals surface area (Å²) in [5.41, 5.74) is 9.99. The van der Waals surface area contributed by atoms with Gasteiger partial charge in [-0.3, -0.25) is 4.79 Å². The van der Waals surface area contributed by atoms with Gasteiger partial charge in [-0.25, -0.2) is 0 Å². The van der Waals surface area contributed by atoms with Crippen LogP contribution in [-0.4, -0.2) is 12.5 Å². The average Bonchev–Trinajstić information content (AvgIpc) is 2.45. The molecule has 4 nitrogen and oxygen atoms in total. The molecule has 1 amide bonds. The van der Waals surface area contributed by atoms with Gasteiger partial charge in [-0.15, -0.1) is 0 Å². The second-order valence-corrected chi connectivity index (χ2v) is 5.62. The van der Waals surface area contributed by atoms with E-state index in [9.17, 15) is 4.79 Å². The Morgan fingerprint density at radius 1 is 1.19 bits per heavy atom. The third kappa shape index (κ3) is 3.76. The first-order chi connectivity index (χ1) is 10.0. The van der Waals surface area contributed by atoms with Gasteiger partial charge < -0.3 is 16.4 Å². The largest absolute Gasteiger partial charge is 0.397 e. The summed E-state index contributed by atoms with van der Waals surface area (Å²) in [5, 5.41) is 6.03. The molecule has 0 fully saturated rings. The number of halogens is 1. The minimum Gasteiger partial charge on any atom is -0.397 e. The van der Waals surface area contributed by atoms with Crippen LogP contribution in [0.1, 0.15) is 22.8 Å². The highest BCUT2D eigenvalue weighted by molar-refractivity contribution is 9.10. The zero-order chi connectivity index (χ0) is 15.4. The van der Waals surface area contributed by atoms with Crippen molar-refractivity contribution in [3.8, 4) is 0 Å². The predicted molar refractivity (Wildman–Crippen MR) is 91.0 cm³/mol. The lowest BCUT2D eigenvalue weighted by Gasteiger charge is -2.13. The number of carbonyl (C=O) groups is 1. The molecule has 5 heteroatoms. The zero-order valence-corrected chi connectivity index (χ0v) is 13.6. The van der Waals surface area contributed by atoms with Gasteiger partial charge in [-0.05, 0) is 65.7 Å². The van der Waals surface area contributed by atoms with Crippen molar-refractivity contribution in [3.63, 3.8) is 0 Å². The molecule has 0 spiro atoms. The topological polar surface area (TPSA) is 67.2 Å². The summed E-state index contributed by atoms with van der Waals surface area (Å²) in [7, 11) is 0. The van der Waals surface area contributed by atoms with Gasteiger partial charge in [-0.1, -0.05) is 6.07 Å². The molecular formula is C16H18BrN3O. The van der Waals surface area contributed by atoms with Crippen LogP contribution in [0.3, 0.4) is 0 Å². The van der Waals surface area contributed by atoms with Crippen LogP contribution in [0, 0.1) is 6.92 Å². The summed E-state index contributed by atoms with van der Waals surface area (Å²) < 4.78 is 0.959. The number of amides is 1. The molecule has 0 saturated carbocycles. The van der Waals surface area contributed by atoms with Crippen LogP contribution in [-0.2, 0) is 0 Å². The van der Waals surface area contributed by atoms with Crippen LogP contribution in [0.2, 0.25) is 0 Å². The molecule has 0 aliphatic rings. The third-order valence-corrected chi connectivity index (χ3v) is 3.73. The summed E-state index contributed by atoms with van der Waals surface area (Å²) in [6.45, 7) is 4.50. The van der Waals surface area contributed by atoms with Crippen LogP contribution in [0.25, 0.3) is 0 Å². The van der Waals surface area contributed by atoms with Gasteiger partial charge in [0.05, 0.1) is 17.1 Å². The normalized spacial score (nSPS) is 10.2. The predicted octanol–water partition coefficient (Wildman–Crippen LogP) is 3.83. The van der Waals surface area contributed by atoms with Gasteiger partial charge in [-0.2, -0.15) is 0 Å². The number of rotatable bonds is 4. The van der Waals surface area contributed by atoms with E-state index in [0.29, 0.717) is 17.8 Å². The van der Waals surface area contributed by atoms with Crippen molar-refractivity contribution < 1.29 is 4.79 Å². The number of benzene rings is 2. The fourth-order valence-electron chi connectivity index (χ4n) is 1.96. The number of hydrogen-bond acceptors (Lipinski definition) is 3. The van der Waals surface area contributed by atoms with Crippen molar-refractivity contribution in [1.82, 2.24) is 5.32 Å². The maximum absolute atomic E-state index is 11.8. The molecule has 2 aromatic carbocycles. The molecule has 110 valence electrons. The van der Waals surface area contributed by atoms with E-state index in [1.807, 2.05) is 38.1 Å². The van der Waals surface area contributed by atoms with Crippen LogP contribution >= 0.6 is 15.9 Å². The monoisotopic (exact) mass is 347 g/mol. The van der Waals surface area contributed by atoms with Crippen LogP contribution in [0.5, 0.6) is 0 Å². The van der Waals surface area contributed by atoms with Crippen molar-refractivity contribution in [2.24, 2.45) is 0 Å². The van der Waals surface area contributed by atoms with Crippen molar-refractivity contribution in [3.05, 3.63) is 52.0 Å². The summed E-state index contributed by atoms with van der Waals surface area (Å²) in [5.74, 6) is -0.118. The van der Waals surface area contributed by atoms with Crippen LogP contribution in [0.15, 0.2) is 40.9 Å². The van der Waals surface area contributed by atoms with E-state index in [4.69, 9.17) is 5.73 Å². The van der Waals surface area contributed by atoms with Crippen molar-refractivity contribution >= 4 is 38.9 Å². The quantitative estimate of drug-likeness (QED) is 0.736. The number of aryl methyl sites for hydroxylation is 1. The highest BCUT2D eigenvalue weighted by Gasteiger charge is 2.08. The van der Waals surface area contributed by atoms with Crippen molar-refractivity contribution in [2.45, 2.75) is 13.8 Å². The Balaban J connectivity index is 2.25. The number of anilines is 3. The molecule has 0 atom stereocenters. The van der Waals surface area contributed by atoms with Gasteiger partial charge >= 0.3 is 0 Å². The highest BCUT2D eigenvalue weighted by Crippen LogP contribution is 2.30. The fourth-order valence-corrected chi connectivity index (χ4v) is 2.31. The SMILES string of the molecule is CCNC(=O)c1ccc(Nc2cc(C)ccc2Br)c(N)c1.